The maximum atomic E-state index is 12.4. The summed E-state index contributed by atoms with van der Waals surface area (Å²) >= 11 is 0. The van der Waals surface area contributed by atoms with Crippen molar-refractivity contribution in [2.45, 2.75) is 257 Å². The smallest absolute Gasteiger partial charge is 0.305 e. The summed E-state index contributed by atoms with van der Waals surface area (Å²) in [5.41, 5.74) is 0. The van der Waals surface area contributed by atoms with Crippen LogP contribution in [0.2, 0.25) is 0 Å². The van der Waals surface area contributed by atoms with E-state index in [4.69, 9.17) is 4.74 Å². The molecule has 0 heterocycles. The second kappa shape index (κ2) is 47.5. The summed E-state index contributed by atoms with van der Waals surface area (Å²) in [4.78, 5) is 24.4. The first-order chi connectivity index (χ1) is 28.5. The van der Waals surface area contributed by atoms with Crippen molar-refractivity contribution >= 4 is 11.9 Å². The first kappa shape index (κ1) is 55.8. The van der Waals surface area contributed by atoms with Crippen molar-refractivity contribution in [1.29, 1.82) is 0 Å². The fourth-order valence-corrected chi connectivity index (χ4v) is 7.20. The van der Waals surface area contributed by atoms with Crippen molar-refractivity contribution in [3.8, 4) is 0 Å². The number of amides is 1. The number of unbranched alkanes of at least 4 members (excludes halogenated alkanes) is 28. The van der Waals surface area contributed by atoms with Crippen LogP contribution in [-0.4, -0.2) is 47.4 Å². The number of nitrogens with one attached hydrogen (secondary N) is 1. The summed E-state index contributed by atoms with van der Waals surface area (Å²) in [7, 11) is 0. The van der Waals surface area contributed by atoms with Crippen molar-refractivity contribution in [2.75, 3.05) is 13.2 Å². The Hall–Kier alpha value is -2.18. The molecule has 0 aromatic rings. The maximum Gasteiger partial charge on any atom is 0.305 e. The molecule has 2 atom stereocenters. The molecule has 0 aromatic carbocycles. The fraction of sp³-hybridized carbons (Fsp3) is 0.808. The first-order valence-corrected chi connectivity index (χ1v) is 24.9. The highest BCUT2D eigenvalue weighted by atomic mass is 16.5. The summed E-state index contributed by atoms with van der Waals surface area (Å²) in [6.07, 6.45) is 58.3. The number of allylic oxidation sites excluding steroid dienone is 7. The lowest BCUT2D eigenvalue weighted by Gasteiger charge is -2.19. The van der Waals surface area contributed by atoms with Crippen LogP contribution in [0, 0.1) is 0 Å². The largest absolute Gasteiger partial charge is 0.466 e. The average molecular weight is 814 g/mol. The van der Waals surface area contributed by atoms with Crippen molar-refractivity contribution in [3.05, 3.63) is 48.6 Å². The predicted molar refractivity (Wildman–Crippen MR) is 250 cm³/mol. The fourth-order valence-electron chi connectivity index (χ4n) is 7.20. The van der Waals surface area contributed by atoms with E-state index in [9.17, 15) is 19.8 Å². The van der Waals surface area contributed by atoms with Gasteiger partial charge in [-0.25, -0.2) is 0 Å². The summed E-state index contributed by atoms with van der Waals surface area (Å²) in [6, 6.07) is -0.672. The van der Waals surface area contributed by atoms with Crippen LogP contribution < -0.4 is 5.32 Å². The molecular weight excluding hydrogens is 719 g/mol. The number of ether oxygens (including phenoxy) is 1. The Morgan fingerprint density at radius 2 is 0.879 bits per heavy atom. The monoisotopic (exact) mass is 814 g/mol. The number of aliphatic hydroxyl groups excluding tert-OH is 2. The van der Waals surface area contributed by atoms with Crippen LogP contribution in [0.25, 0.3) is 0 Å². The Morgan fingerprint density at radius 1 is 0.483 bits per heavy atom. The van der Waals surface area contributed by atoms with E-state index >= 15 is 0 Å². The Labute approximate surface area is 359 Å². The van der Waals surface area contributed by atoms with E-state index in [0.29, 0.717) is 25.9 Å². The van der Waals surface area contributed by atoms with Gasteiger partial charge in [-0.05, 0) is 77.0 Å². The minimum Gasteiger partial charge on any atom is -0.466 e. The highest BCUT2D eigenvalue weighted by molar-refractivity contribution is 5.76. The van der Waals surface area contributed by atoms with E-state index in [1.165, 1.54) is 161 Å². The quantitative estimate of drug-likeness (QED) is 0.0323. The number of rotatable bonds is 45. The average Bonchev–Trinajstić information content (AvgIpc) is 3.22. The van der Waals surface area contributed by atoms with E-state index in [-0.39, 0.29) is 18.5 Å². The van der Waals surface area contributed by atoms with Gasteiger partial charge in [0.2, 0.25) is 5.91 Å². The normalized spacial score (nSPS) is 13.1. The second-order valence-electron chi connectivity index (χ2n) is 16.8. The van der Waals surface area contributed by atoms with Crippen molar-refractivity contribution in [2.24, 2.45) is 0 Å². The Balaban J connectivity index is 3.60. The molecule has 0 saturated heterocycles. The Morgan fingerprint density at radius 3 is 1.36 bits per heavy atom. The van der Waals surface area contributed by atoms with E-state index < -0.39 is 12.1 Å². The number of hydrogen-bond acceptors (Lipinski definition) is 5. The SMILES string of the molecule is CCCCCCC/C=C\CCCCCCCC(=O)OCCCCCCCC/C=C\C/C=C\CCC(=O)NC(CO)C(O)/C=C/CCCCCCCCCCCCCC. The molecule has 0 spiro atoms. The maximum absolute atomic E-state index is 12.4. The highest BCUT2D eigenvalue weighted by Crippen LogP contribution is 2.14. The lowest BCUT2D eigenvalue weighted by molar-refractivity contribution is -0.143. The molecule has 0 aliphatic carbocycles. The van der Waals surface area contributed by atoms with Crippen LogP contribution >= 0.6 is 0 Å². The van der Waals surface area contributed by atoms with Gasteiger partial charge >= 0.3 is 5.97 Å². The molecular formula is C52H95NO5. The number of carbonyl (C=O) groups excluding carboxylic acids is 2. The molecule has 0 saturated carbocycles. The lowest BCUT2D eigenvalue weighted by Crippen LogP contribution is -2.45. The van der Waals surface area contributed by atoms with Gasteiger partial charge in [-0.15, -0.1) is 0 Å². The molecule has 6 heteroatoms. The number of carbonyl (C=O) groups is 2. The van der Waals surface area contributed by atoms with E-state index in [0.717, 1.165) is 51.4 Å². The zero-order valence-electron chi connectivity index (χ0n) is 38.3. The van der Waals surface area contributed by atoms with Gasteiger partial charge in [-0.2, -0.15) is 0 Å². The standard InChI is InChI=1S/C52H95NO5/c1-3-5-7-9-11-13-15-17-20-24-28-32-36-40-44-50(55)49(48-54)53-51(56)45-41-37-33-29-25-21-19-23-27-31-35-39-43-47-58-52(57)46-42-38-34-30-26-22-18-16-14-12-10-8-6-4-2/h16,18,21,25,33,37,40,44,49-50,54-55H,3-15,17,19-20,22-24,26-32,34-36,38-39,41-43,45-48H2,1-2H3,(H,53,56)/b18-16-,25-21-,37-33-,44-40+. The Kier molecular flexibility index (Phi) is 45.7. The molecule has 0 aliphatic rings. The molecule has 3 N–H and O–H groups in total. The minimum atomic E-state index is -0.879. The highest BCUT2D eigenvalue weighted by Gasteiger charge is 2.17. The summed E-state index contributed by atoms with van der Waals surface area (Å²) in [5.74, 6) is -0.179. The van der Waals surface area contributed by atoms with Gasteiger partial charge in [0, 0.05) is 12.8 Å². The topological polar surface area (TPSA) is 95.9 Å². The molecule has 6 nitrogen and oxygen atoms in total. The predicted octanol–water partition coefficient (Wildman–Crippen LogP) is 14.7. The molecule has 0 bridgehead atoms. The number of esters is 1. The first-order valence-electron chi connectivity index (χ1n) is 24.9. The van der Waals surface area contributed by atoms with Gasteiger partial charge < -0.3 is 20.3 Å². The number of aliphatic hydroxyl groups is 2. The molecule has 1 amide bonds. The van der Waals surface area contributed by atoms with Crippen molar-refractivity contribution in [1.82, 2.24) is 5.32 Å². The van der Waals surface area contributed by atoms with Crippen molar-refractivity contribution in [3.63, 3.8) is 0 Å². The van der Waals surface area contributed by atoms with Gasteiger partial charge in [-0.1, -0.05) is 204 Å². The van der Waals surface area contributed by atoms with Gasteiger partial charge in [0.05, 0.1) is 25.4 Å². The molecule has 0 fully saturated rings. The van der Waals surface area contributed by atoms with Crippen LogP contribution in [0.1, 0.15) is 245 Å². The van der Waals surface area contributed by atoms with Crippen LogP contribution in [0.15, 0.2) is 48.6 Å². The Bertz CT molecular complexity index is 988. The third-order valence-corrected chi connectivity index (χ3v) is 11.1. The molecule has 2 unspecified atom stereocenters. The third-order valence-electron chi connectivity index (χ3n) is 11.1. The molecule has 0 aromatic heterocycles. The third kappa shape index (κ3) is 43.4. The van der Waals surface area contributed by atoms with Gasteiger partial charge in [0.1, 0.15) is 0 Å². The summed E-state index contributed by atoms with van der Waals surface area (Å²) < 4.78 is 5.44. The lowest BCUT2D eigenvalue weighted by atomic mass is 10.0. The zero-order valence-corrected chi connectivity index (χ0v) is 38.3. The van der Waals surface area contributed by atoms with Crippen LogP contribution in [-0.2, 0) is 14.3 Å². The molecule has 0 rings (SSSR count). The second-order valence-corrected chi connectivity index (χ2v) is 16.8. The van der Waals surface area contributed by atoms with Crippen LogP contribution in [0.5, 0.6) is 0 Å². The van der Waals surface area contributed by atoms with Gasteiger partial charge in [0.25, 0.3) is 0 Å². The van der Waals surface area contributed by atoms with Crippen molar-refractivity contribution < 1.29 is 24.5 Å². The van der Waals surface area contributed by atoms with E-state index in [1.807, 2.05) is 12.2 Å². The summed E-state index contributed by atoms with van der Waals surface area (Å²) in [6.45, 7) is 4.81. The van der Waals surface area contributed by atoms with Gasteiger partial charge in [0.15, 0.2) is 0 Å². The van der Waals surface area contributed by atoms with E-state index in [2.05, 4.69) is 49.5 Å². The summed E-state index contributed by atoms with van der Waals surface area (Å²) in [5, 5.41) is 22.9. The van der Waals surface area contributed by atoms with E-state index in [1.54, 1.807) is 6.08 Å². The van der Waals surface area contributed by atoms with Crippen LogP contribution in [0.3, 0.4) is 0 Å². The zero-order chi connectivity index (χ0) is 42.3. The number of hydrogen-bond donors (Lipinski definition) is 3. The molecule has 0 radical (unpaired) electrons. The van der Waals surface area contributed by atoms with Crippen LogP contribution in [0.4, 0.5) is 0 Å². The van der Waals surface area contributed by atoms with Gasteiger partial charge in [-0.3, -0.25) is 9.59 Å². The molecule has 0 aliphatic heterocycles. The minimum absolute atomic E-state index is 0.0281. The molecule has 338 valence electrons. The molecule has 58 heavy (non-hydrogen) atoms.